The zero-order valence-electron chi connectivity index (χ0n) is 10.4. The predicted octanol–water partition coefficient (Wildman–Crippen LogP) is -0.177. The Morgan fingerprint density at radius 2 is 2.29 bits per heavy atom. The van der Waals surface area contributed by atoms with Gasteiger partial charge in [0.15, 0.2) is 0 Å². The molecule has 0 aromatic carbocycles. The van der Waals surface area contributed by atoms with E-state index in [0.717, 1.165) is 18.5 Å². The SMILES string of the molecule is CCCC(N)N(C)C(=O)C(N)Cc1c[nH]cn1. The normalized spacial score (nSPS) is 14.4. The van der Waals surface area contributed by atoms with Gasteiger partial charge in [-0.05, 0) is 6.42 Å². The first-order valence-electron chi connectivity index (χ1n) is 5.81. The molecule has 1 aromatic rings. The number of hydrogen-bond acceptors (Lipinski definition) is 4. The molecule has 6 nitrogen and oxygen atoms in total. The van der Waals surface area contributed by atoms with Crippen molar-refractivity contribution in [1.82, 2.24) is 14.9 Å². The minimum Gasteiger partial charge on any atom is -0.351 e. The molecule has 0 radical (unpaired) electrons. The largest absolute Gasteiger partial charge is 0.351 e. The first kappa shape index (κ1) is 13.7. The Kier molecular flexibility index (Phi) is 5.11. The second kappa shape index (κ2) is 6.36. The van der Waals surface area contributed by atoms with E-state index in [1.54, 1.807) is 19.6 Å². The number of nitrogens with zero attached hydrogens (tertiary/aromatic N) is 2. The Hall–Kier alpha value is -1.40. The van der Waals surface area contributed by atoms with Gasteiger partial charge in [-0.25, -0.2) is 4.98 Å². The number of likely N-dealkylation sites (N-methyl/N-ethyl adjacent to an activating group) is 1. The molecule has 0 aliphatic heterocycles. The molecule has 5 N–H and O–H groups in total. The predicted molar refractivity (Wildman–Crippen MR) is 65.9 cm³/mol. The fraction of sp³-hybridized carbons (Fsp3) is 0.636. The van der Waals surface area contributed by atoms with Gasteiger partial charge in [-0.2, -0.15) is 0 Å². The smallest absolute Gasteiger partial charge is 0.240 e. The van der Waals surface area contributed by atoms with Crippen molar-refractivity contribution in [3.05, 3.63) is 18.2 Å². The maximum absolute atomic E-state index is 12.0. The van der Waals surface area contributed by atoms with Crippen LogP contribution in [-0.2, 0) is 11.2 Å². The molecule has 0 bridgehead atoms. The monoisotopic (exact) mass is 239 g/mol. The van der Waals surface area contributed by atoms with Crippen molar-refractivity contribution in [1.29, 1.82) is 0 Å². The summed E-state index contributed by atoms with van der Waals surface area (Å²) in [7, 11) is 1.69. The van der Waals surface area contributed by atoms with E-state index < -0.39 is 6.04 Å². The van der Waals surface area contributed by atoms with E-state index in [1.807, 2.05) is 6.92 Å². The number of carbonyl (C=O) groups is 1. The highest BCUT2D eigenvalue weighted by Gasteiger charge is 2.22. The number of carbonyl (C=O) groups excluding carboxylic acids is 1. The van der Waals surface area contributed by atoms with Crippen molar-refractivity contribution in [3.8, 4) is 0 Å². The van der Waals surface area contributed by atoms with Gasteiger partial charge in [0.2, 0.25) is 5.91 Å². The van der Waals surface area contributed by atoms with Gasteiger partial charge < -0.3 is 21.4 Å². The van der Waals surface area contributed by atoms with Gasteiger partial charge in [0.05, 0.1) is 24.2 Å². The van der Waals surface area contributed by atoms with Crippen LogP contribution >= 0.6 is 0 Å². The zero-order chi connectivity index (χ0) is 12.8. The molecule has 17 heavy (non-hydrogen) atoms. The van der Waals surface area contributed by atoms with Gasteiger partial charge in [-0.1, -0.05) is 13.3 Å². The number of aromatic nitrogens is 2. The molecule has 1 amide bonds. The van der Waals surface area contributed by atoms with Crippen LogP contribution in [0.5, 0.6) is 0 Å². The van der Waals surface area contributed by atoms with Crippen molar-refractivity contribution in [3.63, 3.8) is 0 Å². The highest BCUT2D eigenvalue weighted by Crippen LogP contribution is 2.04. The standard InChI is InChI=1S/C11H21N5O/c1-3-4-10(13)16(2)11(17)9(12)5-8-6-14-7-15-8/h6-7,9-10H,3-5,12-13H2,1-2H3,(H,14,15). The molecule has 6 heteroatoms. The molecule has 2 atom stereocenters. The van der Waals surface area contributed by atoms with Gasteiger partial charge in [0.1, 0.15) is 0 Å². The molecular formula is C11H21N5O. The van der Waals surface area contributed by atoms with Crippen molar-refractivity contribution in [2.24, 2.45) is 11.5 Å². The molecule has 1 heterocycles. The molecule has 2 unspecified atom stereocenters. The second-order valence-electron chi connectivity index (χ2n) is 4.18. The van der Waals surface area contributed by atoms with Crippen molar-refractivity contribution in [2.45, 2.75) is 38.4 Å². The van der Waals surface area contributed by atoms with Gasteiger partial charge in [-0.3, -0.25) is 4.79 Å². The lowest BCUT2D eigenvalue weighted by Crippen LogP contribution is -2.50. The van der Waals surface area contributed by atoms with Crippen LogP contribution in [0.1, 0.15) is 25.5 Å². The van der Waals surface area contributed by atoms with Gasteiger partial charge in [0, 0.05) is 19.7 Å². The van der Waals surface area contributed by atoms with E-state index >= 15 is 0 Å². The van der Waals surface area contributed by atoms with Crippen LogP contribution in [0.3, 0.4) is 0 Å². The summed E-state index contributed by atoms with van der Waals surface area (Å²) in [6.45, 7) is 2.03. The molecule has 0 saturated heterocycles. The number of nitrogens with one attached hydrogen (secondary N) is 1. The molecule has 0 aliphatic rings. The number of rotatable bonds is 6. The lowest BCUT2D eigenvalue weighted by molar-refractivity contribution is -0.133. The van der Waals surface area contributed by atoms with Crippen molar-refractivity contribution >= 4 is 5.91 Å². The molecular weight excluding hydrogens is 218 g/mol. The molecule has 0 saturated carbocycles. The van der Waals surface area contributed by atoms with Crippen molar-refractivity contribution < 1.29 is 4.79 Å². The van der Waals surface area contributed by atoms with Gasteiger partial charge in [0.25, 0.3) is 0 Å². The number of imidazole rings is 1. The zero-order valence-corrected chi connectivity index (χ0v) is 10.4. The maximum Gasteiger partial charge on any atom is 0.240 e. The summed E-state index contributed by atoms with van der Waals surface area (Å²) in [6, 6.07) is -0.591. The average molecular weight is 239 g/mol. The maximum atomic E-state index is 12.0. The quantitative estimate of drug-likeness (QED) is 0.599. The highest BCUT2D eigenvalue weighted by molar-refractivity contribution is 5.81. The van der Waals surface area contributed by atoms with E-state index in [9.17, 15) is 4.79 Å². The third-order valence-corrected chi connectivity index (χ3v) is 2.73. The minimum atomic E-state index is -0.591. The van der Waals surface area contributed by atoms with Crippen LogP contribution in [-0.4, -0.2) is 40.0 Å². The fourth-order valence-corrected chi connectivity index (χ4v) is 1.63. The van der Waals surface area contributed by atoms with E-state index in [-0.39, 0.29) is 12.1 Å². The minimum absolute atomic E-state index is 0.144. The number of aromatic amines is 1. The van der Waals surface area contributed by atoms with Crippen LogP contribution in [0.15, 0.2) is 12.5 Å². The number of amides is 1. The number of nitrogens with two attached hydrogens (primary N) is 2. The lowest BCUT2D eigenvalue weighted by atomic mass is 10.1. The summed E-state index contributed by atoms with van der Waals surface area (Å²) in [5, 5.41) is 0. The fourth-order valence-electron chi connectivity index (χ4n) is 1.63. The first-order chi connectivity index (χ1) is 8.06. The van der Waals surface area contributed by atoms with E-state index in [2.05, 4.69) is 9.97 Å². The third-order valence-electron chi connectivity index (χ3n) is 2.73. The van der Waals surface area contributed by atoms with E-state index in [0.29, 0.717) is 6.42 Å². The van der Waals surface area contributed by atoms with E-state index in [4.69, 9.17) is 11.5 Å². The summed E-state index contributed by atoms with van der Waals surface area (Å²) in [4.78, 5) is 20.4. The van der Waals surface area contributed by atoms with Crippen LogP contribution < -0.4 is 11.5 Å². The molecule has 1 rings (SSSR count). The number of H-pyrrole nitrogens is 1. The third kappa shape index (κ3) is 3.83. The van der Waals surface area contributed by atoms with Gasteiger partial charge >= 0.3 is 0 Å². The highest BCUT2D eigenvalue weighted by atomic mass is 16.2. The molecule has 0 spiro atoms. The average Bonchev–Trinajstić information content (AvgIpc) is 2.80. The summed E-state index contributed by atoms with van der Waals surface area (Å²) < 4.78 is 0. The molecule has 0 fully saturated rings. The summed E-state index contributed by atoms with van der Waals surface area (Å²) in [5.74, 6) is -0.144. The Morgan fingerprint density at radius 1 is 1.59 bits per heavy atom. The summed E-state index contributed by atoms with van der Waals surface area (Å²) in [6.07, 6.45) is 5.17. The summed E-state index contributed by atoms with van der Waals surface area (Å²) in [5.41, 5.74) is 12.5. The Morgan fingerprint density at radius 3 is 2.82 bits per heavy atom. The van der Waals surface area contributed by atoms with Crippen molar-refractivity contribution in [2.75, 3.05) is 7.05 Å². The Balaban J connectivity index is 2.51. The first-order valence-corrected chi connectivity index (χ1v) is 5.81. The van der Waals surface area contributed by atoms with E-state index in [1.165, 1.54) is 4.90 Å². The lowest BCUT2D eigenvalue weighted by Gasteiger charge is -2.26. The number of hydrogen-bond donors (Lipinski definition) is 3. The summed E-state index contributed by atoms with van der Waals surface area (Å²) >= 11 is 0. The Bertz CT molecular complexity index is 338. The van der Waals surface area contributed by atoms with Gasteiger partial charge in [-0.15, -0.1) is 0 Å². The van der Waals surface area contributed by atoms with Crippen LogP contribution in [0.25, 0.3) is 0 Å². The molecule has 1 aromatic heterocycles. The van der Waals surface area contributed by atoms with Crippen LogP contribution in [0, 0.1) is 0 Å². The Labute approximate surface area is 101 Å². The molecule has 96 valence electrons. The van der Waals surface area contributed by atoms with Crippen LogP contribution in [0.2, 0.25) is 0 Å². The topological polar surface area (TPSA) is 101 Å². The second-order valence-corrected chi connectivity index (χ2v) is 4.18. The molecule has 0 aliphatic carbocycles. The van der Waals surface area contributed by atoms with Crippen LogP contribution in [0.4, 0.5) is 0 Å².